The van der Waals surface area contributed by atoms with Crippen LogP contribution in [0.4, 0.5) is 0 Å². The van der Waals surface area contributed by atoms with Gasteiger partial charge in [0.15, 0.2) is 0 Å². The Hall–Kier alpha value is -3.22. The first-order valence-corrected chi connectivity index (χ1v) is 11.0. The normalized spacial score (nSPS) is 14.6. The minimum absolute atomic E-state index is 0.0629. The van der Waals surface area contributed by atoms with Crippen LogP contribution in [0, 0.1) is 11.8 Å². The Morgan fingerprint density at radius 3 is 1.56 bits per heavy atom. The molecule has 0 spiro atoms. The van der Waals surface area contributed by atoms with Gasteiger partial charge in [0.2, 0.25) is 23.6 Å². The predicted octanol–water partition coefficient (Wildman–Crippen LogP) is -1.31. The molecule has 4 atom stereocenters. The van der Waals surface area contributed by atoms with Crippen molar-refractivity contribution >= 4 is 35.6 Å². The molecule has 4 unspecified atom stereocenters. The molecule has 0 aliphatic heterocycles. The number of carboxylic acids is 2. The van der Waals surface area contributed by atoms with Crippen LogP contribution < -0.4 is 27.4 Å². The molecule has 34 heavy (non-hydrogen) atoms. The zero-order chi connectivity index (χ0) is 26.6. The van der Waals surface area contributed by atoms with E-state index in [1.807, 2.05) is 0 Å². The molecule has 0 aromatic heterocycles. The van der Waals surface area contributed by atoms with Crippen LogP contribution in [0.5, 0.6) is 0 Å². The van der Waals surface area contributed by atoms with Crippen LogP contribution in [0.1, 0.15) is 59.8 Å². The first kappa shape index (κ1) is 30.8. The van der Waals surface area contributed by atoms with Gasteiger partial charge in [0.1, 0.15) is 18.1 Å². The highest BCUT2D eigenvalue weighted by Crippen LogP contribution is 2.08. The van der Waals surface area contributed by atoms with Gasteiger partial charge in [0.05, 0.1) is 6.04 Å². The highest BCUT2D eigenvalue weighted by atomic mass is 16.4. The molecule has 0 heterocycles. The summed E-state index contributed by atoms with van der Waals surface area (Å²) in [5, 5.41) is 25.4. The Morgan fingerprint density at radius 1 is 0.735 bits per heavy atom. The van der Waals surface area contributed by atoms with Gasteiger partial charge < -0.3 is 37.6 Å². The number of rotatable bonds is 16. The van der Waals surface area contributed by atoms with E-state index in [4.69, 9.17) is 16.6 Å². The van der Waals surface area contributed by atoms with Crippen LogP contribution in [0.2, 0.25) is 0 Å². The summed E-state index contributed by atoms with van der Waals surface area (Å²) in [5.74, 6) is -5.96. The lowest BCUT2D eigenvalue weighted by Crippen LogP contribution is -2.57. The van der Waals surface area contributed by atoms with Gasteiger partial charge in [0, 0.05) is 12.8 Å². The van der Waals surface area contributed by atoms with E-state index in [9.17, 15) is 33.9 Å². The third-order valence-electron chi connectivity index (χ3n) is 4.93. The molecule has 194 valence electrons. The molecular weight excluding hydrogens is 450 g/mol. The molecule has 0 aliphatic rings. The Morgan fingerprint density at radius 2 is 1.18 bits per heavy atom. The summed E-state index contributed by atoms with van der Waals surface area (Å²) in [6.07, 6.45) is -1.14. The Labute approximate surface area is 198 Å². The summed E-state index contributed by atoms with van der Waals surface area (Å²) >= 11 is 0. The van der Waals surface area contributed by atoms with Crippen molar-refractivity contribution in [3.63, 3.8) is 0 Å². The van der Waals surface area contributed by atoms with Crippen molar-refractivity contribution in [3.05, 3.63) is 0 Å². The molecule has 9 N–H and O–H groups in total. The Kier molecular flexibility index (Phi) is 13.4. The summed E-state index contributed by atoms with van der Waals surface area (Å²) < 4.78 is 0. The average molecular weight is 488 g/mol. The van der Waals surface area contributed by atoms with Gasteiger partial charge in [0.25, 0.3) is 0 Å². The van der Waals surface area contributed by atoms with Crippen molar-refractivity contribution in [1.29, 1.82) is 0 Å². The standard InChI is InChI=1S/C21H37N5O8/c1-10(2)9-14(21(33)34)26-19(31)13(6-8-16(28)29)24-18(30)12(5-7-15(22)27)25-20(32)17(23)11(3)4/h10-14,17H,5-9,23H2,1-4H3,(H2,22,27)(H,24,30)(H,25,32)(H,26,31)(H,28,29)(H,33,34). The molecular formula is C21H37N5O8. The second-order valence-corrected chi connectivity index (χ2v) is 8.86. The highest BCUT2D eigenvalue weighted by molar-refractivity contribution is 5.94. The lowest BCUT2D eigenvalue weighted by atomic mass is 10.0. The molecule has 13 heteroatoms. The number of carbonyl (C=O) groups is 6. The molecule has 13 nitrogen and oxygen atoms in total. The fourth-order valence-electron chi connectivity index (χ4n) is 2.90. The Bertz CT molecular complexity index is 755. The lowest BCUT2D eigenvalue weighted by molar-refractivity contribution is -0.143. The van der Waals surface area contributed by atoms with Crippen molar-refractivity contribution in [2.75, 3.05) is 0 Å². The number of aliphatic carboxylic acids is 2. The number of nitrogens with two attached hydrogens (primary N) is 2. The van der Waals surface area contributed by atoms with Gasteiger partial charge in [-0.2, -0.15) is 0 Å². The highest BCUT2D eigenvalue weighted by Gasteiger charge is 2.31. The second kappa shape index (κ2) is 14.8. The van der Waals surface area contributed by atoms with Gasteiger partial charge in [-0.1, -0.05) is 27.7 Å². The minimum Gasteiger partial charge on any atom is -0.481 e. The smallest absolute Gasteiger partial charge is 0.326 e. The molecule has 0 saturated heterocycles. The summed E-state index contributed by atoms with van der Waals surface area (Å²) in [6, 6.07) is -4.87. The number of nitrogens with one attached hydrogen (secondary N) is 3. The second-order valence-electron chi connectivity index (χ2n) is 8.86. The first-order chi connectivity index (χ1) is 15.6. The molecule has 0 fully saturated rings. The molecule has 0 bridgehead atoms. The largest absolute Gasteiger partial charge is 0.481 e. The molecule has 0 aliphatic carbocycles. The zero-order valence-electron chi connectivity index (χ0n) is 20.0. The fraction of sp³-hybridized carbons (Fsp3) is 0.714. The zero-order valence-corrected chi connectivity index (χ0v) is 20.0. The molecule has 0 radical (unpaired) electrons. The van der Waals surface area contributed by atoms with E-state index < -0.39 is 66.2 Å². The molecule has 0 rings (SSSR count). The maximum absolute atomic E-state index is 12.9. The monoisotopic (exact) mass is 487 g/mol. The first-order valence-electron chi connectivity index (χ1n) is 11.0. The van der Waals surface area contributed by atoms with E-state index in [0.29, 0.717) is 0 Å². The fourth-order valence-corrected chi connectivity index (χ4v) is 2.90. The van der Waals surface area contributed by atoms with Crippen molar-refractivity contribution in [2.24, 2.45) is 23.3 Å². The maximum atomic E-state index is 12.9. The third kappa shape index (κ3) is 12.1. The minimum atomic E-state index is -1.40. The number of carboxylic acid groups (broad SMARTS) is 2. The van der Waals surface area contributed by atoms with E-state index >= 15 is 0 Å². The van der Waals surface area contributed by atoms with Crippen LogP contribution in [-0.4, -0.2) is 69.9 Å². The Balaban J connectivity index is 5.64. The molecule has 0 aromatic carbocycles. The SMILES string of the molecule is CC(C)CC(NC(=O)C(CCC(=O)O)NC(=O)C(CCC(N)=O)NC(=O)C(N)C(C)C)C(=O)O. The van der Waals surface area contributed by atoms with E-state index in [-0.39, 0.29) is 37.5 Å². The van der Waals surface area contributed by atoms with E-state index in [1.165, 1.54) is 0 Å². The van der Waals surface area contributed by atoms with Crippen LogP contribution in [0.25, 0.3) is 0 Å². The van der Waals surface area contributed by atoms with Crippen LogP contribution in [0.3, 0.4) is 0 Å². The maximum Gasteiger partial charge on any atom is 0.326 e. The number of primary amides is 1. The summed E-state index contributed by atoms with van der Waals surface area (Å²) in [5.41, 5.74) is 10.9. The van der Waals surface area contributed by atoms with Gasteiger partial charge in [-0.25, -0.2) is 4.79 Å². The molecule has 4 amide bonds. The topological polar surface area (TPSA) is 231 Å². The van der Waals surface area contributed by atoms with Crippen molar-refractivity contribution < 1.29 is 39.0 Å². The van der Waals surface area contributed by atoms with E-state index in [0.717, 1.165) is 0 Å². The lowest BCUT2D eigenvalue weighted by Gasteiger charge is -2.25. The van der Waals surface area contributed by atoms with Gasteiger partial charge in [-0.05, 0) is 31.1 Å². The molecule has 0 saturated carbocycles. The summed E-state index contributed by atoms with van der Waals surface area (Å²) in [4.78, 5) is 71.7. The average Bonchev–Trinajstić information content (AvgIpc) is 2.71. The van der Waals surface area contributed by atoms with Crippen molar-refractivity contribution in [2.45, 2.75) is 84.0 Å². The van der Waals surface area contributed by atoms with Gasteiger partial charge in [-0.3, -0.25) is 24.0 Å². The predicted molar refractivity (Wildman–Crippen MR) is 121 cm³/mol. The van der Waals surface area contributed by atoms with Gasteiger partial charge >= 0.3 is 11.9 Å². The van der Waals surface area contributed by atoms with Gasteiger partial charge in [-0.15, -0.1) is 0 Å². The van der Waals surface area contributed by atoms with E-state index in [1.54, 1.807) is 27.7 Å². The third-order valence-corrected chi connectivity index (χ3v) is 4.93. The quantitative estimate of drug-likeness (QED) is 0.137. The van der Waals surface area contributed by atoms with Crippen LogP contribution in [-0.2, 0) is 28.8 Å². The van der Waals surface area contributed by atoms with Crippen molar-refractivity contribution in [1.82, 2.24) is 16.0 Å². The number of hydrogen-bond acceptors (Lipinski definition) is 7. The number of hydrogen-bond donors (Lipinski definition) is 7. The van der Waals surface area contributed by atoms with E-state index in [2.05, 4.69) is 16.0 Å². The molecule has 0 aromatic rings. The number of carbonyl (C=O) groups excluding carboxylic acids is 4. The van der Waals surface area contributed by atoms with Crippen molar-refractivity contribution in [3.8, 4) is 0 Å². The number of amides is 4. The van der Waals surface area contributed by atoms with Crippen LogP contribution in [0.15, 0.2) is 0 Å². The summed E-state index contributed by atoms with van der Waals surface area (Å²) in [7, 11) is 0. The summed E-state index contributed by atoms with van der Waals surface area (Å²) in [6.45, 7) is 6.93. The van der Waals surface area contributed by atoms with Crippen LogP contribution >= 0.6 is 0 Å².